The molecule has 1 aromatic carbocycles. The molecule has 0 saturated heterocycles. The molecule has 136 valence electrons. The Morgan fingerprint density at radius 2 is 2.00 bits per heavy atom. The van der Waals surface area contributed by atoms with Crippen molar-refractivity contribution in [3.05, 3.63) is 33.7 Å². The van der Waals surface area contributed by atoms with Gasteiger partial charge in [0.25, 0.3) is 0 Å². The number of fused-ring (bicyclic) bond motifs is 3. The number of hydrogen-bond donors (Lipinski definition) is 1. The second-order valence-corrected chi connectivity index (χ2v) is 7.12. The predicted octanol–water partition coefficient (Wildman–Crippen LogP) is 3.98. The zero-order chi connectivity index (χ0) is 18.3. The molecule has 3 rings (SSSR count). The molecule has 0 saturated carbocycles. The number of aliphatic hydroxyl groups is 1. The summed E-state index contributed by atoms with van der Waals surface area (Å²) in [4.78, 5) is 12.1. The monoisotopic (exact) mass is 346 g/mol. The first-order valence-electron chi connectivity index (χ1n) is 8.98. The summed E-state index contributed by atoms with van der Waals surface area (Å²) in [5, 5.41) is 11.6. The third-order valence-corrected chi connectivity index (χ3v) is 4.79. The smallest absolute Gasteiger partial charge is 0.336 e. The molecule has 3 atom stereocenters. The third-order valence-electron chi connectivity index (χ3n) is 4.79. The maximum Gasteiger partial charge on any atom is 0.336 e. The van der Waals surface area contributed by atoms with Gasteiger partial charge in [0.2, 0.25) is 0 Å². The Labute approximate surface area is 147 Å². The van der Waals surface area contributed by atoms with E-state index in [2.05, 4.69) is 6.92 Å². The number of ether oxygens (including phenoxy) is 2. The van der Waals surface area contributed by atoms with Crippen LogP contribution in [0.3, 0.4) is 0 Å². The summed E-state index contributed by atoms with van der Waals surface area (Å²) in [6.45, 7) is 9.81. The van der Waals surface area contributed by atoms with Crippen LogP contribution in [0.1, 0.15) is 58.3 Å². The average Bonchev–Trinajstić information content (AvgIpc) is 2.51. The highest BCUT2D eigenvalue weighted by Gasteiger charge is 2.36. The van der Waals surface area contributed by atoms with Gasteiger partial charge in [-0.2, -0.15) is 0 Å². The van der Waals surface area contributed by atoms with Gasteiger partial charge in [-0.15, -0.1) is 0 Å². The van der Waals surface area contributed by atoms with Crippen LogP contribution >= 0.6 is 0 Å². The summed E-state index contributed by atoms with van der Waals surface area (Å²) >= 11 is 0. The summed E-state index contributed by atoms with van der Waals surface area (Å²) in [6, 6.07) is 3.34. The molecule has 0 aliphatic carbocycles. The molecule has 0 radical (unpaired) electrons. The summed E-state index contributed by atoms with van der Waals surface area (Å²) in [5.74, 6) is 1.05. The molecule has 0 fully saturated rings. The molecular formula is C20H26O5. The Hall–Kier alpha value is -2.01. The second-order valence-electron chi connectivity index (χ2n) is 7.12. The van der Waals surface area contributed by atoms with Gasteiger partial charge in [-0.05, 0) is 32.8 Å². The van der Waals surface area contributed by atoms with Crippen LogP contribution in [0.15, 0.2) is 21.3 Å². The standard InChI is InChI=1S/C20H26O5/c1-6-7-13-8-16(21)25-20-17(13)14(23-10(2)3)9-15-18(20)19(22)11(4)12(5)24-15/h8-12,19,22H,6-7H2,1-5H3/t11-,12+,19?/m0/s1. The van der Waals surface area contributed by atoms with Crippen molar-refractivity contribution in [2.24, 2.45) is 5.92 Å². The minimum absolute atomic E-state index is 0.0347. The lowest BCUT2D eigenvalue weighted by Crippen LogP contribution is -2.32. The van der Waals surface area contributed by atoms with Gasteiger partial charge < -0.3 is 19.0 Å². The fourth-order valence-electron chi connectivity index (χ4n) is 3.40. The lowest BCUT2D eigenvalue weighted by Gasteiger charge is -2.34. The van der Waals surface area contributed by atoms with E-state index in [0.717, 1.165) is 23.8 Å². The maximum atomic E-state index is 12.1. The van der Waals surface area contributed by atoms with E-state index < -0.39 is 11.7 Å². The number of hydrogen-bond acceptors (Lipinski definition) is 5. The van der Waals surface area contributed by atoms with E-state index in [1.807, 2.05) is 33.8 Å². The lowest BCUT2D eigenvalue weighted by atomic mass is 9.88. The van der Waals surface area contributed by atoms with Crippen molar-refractivity contribution in [3.8, 4) is 11.5 Å². The van der Waals surface area contributed by atoms with E-state index in [4.69, 9.17) is 13.9 Å². The Kier molecular flexibility index (Phi) is 4.78. The number of rotatable bonds is 4. The number of benzene rings is 1. The van der Waals surface area contributed by atoms with E-state index in [1.165, 1.54) is 6.07 Å². The van der Waals surface area contributed by atoms with Gasteiger partial charge in [0.15, 0.2) is 5.58 Å². The predicted molar refractivity (Wildman–Crippen MR) is 96.5 cm³/mol. The Morgan fingerprint density at radius 1 is 1.28 bits per heavy atom. The SMILES string of the molecule is CCCc1cc(=O)oc2c3c(cc(OC(C)C)c12)O[C@H](C)[C@H](C)C3O. The third kappa shape index (κ3) is 3.13. The molecule has 0 amide bonds. The second kappa shape index (κ2) is 6.71. The number of aliphatic hydroxyl groups excluding tert-OH is 1. The summed E-state index contributed by atoms with van der Waals surface area (Å²) in [5.41, 5.74) is 1.39. The van der Waals surface area contributed by atoms with Crippen LogP contribution < -0.4 is 15.1 Å². The summed E-state index contributed by atoms with van der Waals surface area (Å²) in [7, 11) is 0. The Bertz CT molecular complexity index is 836. The van der Waals surface area contributed by atoms with Gasteiger partial charge >= 0.3 is 5.63 Å². The van der Waals surface area contributed by atoms with Crippen LogP contribution in [0.25, 0.3) is 11.0 Å². The highest BCUT2D eigenvalue weighted by Crippen LogP contribution is 2.46. The summed E-state index contributed by atoms with van der Waals surface area (Å²) in [6.07, 6.45) is 0.695. The van der Waals surface area contributed by atoms with Gasteiger partial charge in [-0.25, -0.2) is 4.79 Å². The van der Waals surface area contributed by atoms with Gasteiger partial charge in [0.05, 0.1) is 23.2 Å². The molecule has 0 bridgehead atoms. The van der Waals surface area contributed by atoms with Crippen LogP contribution in [0.4, 0.5) is 0 Å². The van der Waals surface area contributed by atoms with Crippen LogP contribution in [-0.4, -0.2) is 17.3 Å². The van der Waals surface area contributed by atoms with E-state index >= 15 is 0 Å². The summed E-state index contributed by atoms with van der Waals surface area (Å²) < 4.78 is 17.5. The minimum atomic E-state index is -0.755. The first-order valence-corrected chi connectivity index (χ1v) is 8.98. The molecule has 2 aromatic rings. The van der Waals surface area contributed by atoms with Crippen molar-refractivity contribution in [1.82, 2.24) is 0 Å². The first kappa shape index (κ1) is 17.8. The van der Waals surface area contributed by atoms with E-state index in [9.17, 15) is 9.90 Å². The average molecular weight is 346 g/mol. The van der Waals surface area contributed by atoms with Crippen molar-refractivity contribution < 1.29 is 19.0 Å². The Balaban J connectivity index is 2.38. The molecule has 25 heavy (non-hydrogen) atoms. The Morgan fingerprint density at radius 3 is 2.64 bits per heavy atom. The zero-order valence-electron chi connectivity index (χ0n) is 15.5. The fraction of sp³-hybridized carbons (Fsp3) is 0.550. The fourth-order valence-corrected chi connectivity index (χ4v) is 3.40. The van der Waals surface area contributed by atoms with Gasteiger partial charge in [-0.3, -0.25) is 0 Å². The molecule has 1 unspecified atom stereocenters. The normalized spacial score (nSPS) is 22.8. The van der Waals surface area contributed by atoms with Crippen molar-refractivity contribution in [1.29, 1.82) is 0 Å². The lowest BCUT2D eigenvalue weighted by molar-refractivity contribution is 0.0177. The highest BCUT2D eigenvalue weighted by atomic mass is 16.5. The van der Waals surface area contributed by atoms with E-state index in [-0.39, 0.29) is 18.1 Å². The largest absolute Gasteiger partial charge is 0.490 e. The molecule has 1 aliphatic rings. The zero-order valence-corrected chi connectivity index (χ0v) is 15.5. The molecule has 5 nitrogen and oxygen atoms in total. The van der Waals surface area contributed by atoms with Gasteiger partial charge in [0, 0.05) is 18.1 Å². The molecule has 0 spiro atoms. The van der Waals surface area contributed by atoms with Crippen molar-refractivity contribution >= 4 is 11.0 Å². The van der Waals surface area contributed by atoms with Crippen molar-refractivity contribution in [2.75, 3.05) is 0 Å². The molecular weight excluding hydrogens is 320 g/mol. The van der Waals surface area contributed by atoms with Crippen molar-refractivity contribution in [3.63, 3.8) is 0 Å². The van der Waals surface area contributed by atoms with Crippen LogP contribution in [0.5, 0.6) is 11.5 Å². The van der Waals surface area contributed by atoms with Crippen LogP contribution in [0, 0.1) is 5.92 Å². The molecule has 5 heteroatoms. The van der Waals surface area contributed by atoms with Crippen molar-refractivity contribution in [2.45, 2.75) is 65.8 Å². The molecule has 1 N–H and O–H groups in total. The van der Waals surface area contributed by atoms with Gasteiger partial charge in [0.1, 0.15) is 17.6 Å². The molecule has 1 aliphatic heterocycles. The topological polar surface area (TPSA) is 68.9 Å². The maximum absolute atomic E-state index is 12.1. The van der Waals surface area contributed by atoms with Gasteiger partial charge in [-0.1, -0.05) is 20.3 Å². The number of aryl methyl sites for hydroxylation is 1. The quantitative estimate of drug-likeness (QED) is 0.848. The highest BCUT2D eigenvalue weighted by molar-refractivity contribution is 5.91. The van der Waals surface area contributed by atoms with E-state index in [0.29, 0.717) is 22.6 Å². The molecule has 1 aromatic heterocycles. The van der Waals surface area contributed by atoms with Crippen LogP contribution in [-0.2, 0) is 6.42 Å². The van der Waals surface area contributed by atoms with E-state index in [1.54, 1.807) is 0 Å². The first-order chi connectivity index (χ1) is 11.8. The molecule has 2 heterocycles. The van der Waals surface area contributed by atoms with Crippen LogP contribution in [0.2, 0.25) is 0 Å². The minimum Gasteiger partial charge on any atom is -0.490 e.